The van der Waals surface area contributed by atoms with Crippen LogP contribution in [-0.2, 0) is 15.7 Å². The van der Waals surface area contributed by atoms with E-state index in [1.807, 2.05) is 0 Å². The van der Waals surface area contributed by atoms with Crippen LogP contribution in [0.5, 0.6) is 5.75 Å². The summed E-state index contributed by atoms with van der Waals surface area (Å²) < 4.78 is 88.8. The summed E-state index contributed by atoms with van der Waals surface area (Å²) in [6, 6.07) is 10.6. The van der Waals surface area contributed by atoms with E-state index in [0.29, 0.717) is 5.69 Å². The molecule has 1 aromatic heterocycles. The number of benzene rings is 2. The van der Waals surface area contributed by atoms with Crippen molar-refractivity contribution in [2.24, 2.45) is 0 Å². The third-order valence-electron chi connectivity index (χ3n) is 5.38. The fourth-order valence-corrected chi connectivity index (χ4v) is 3.98. The lowest BCUT2D eigenvalue weighted by molar-refractivity contribution is -0.274. The van der Waals surface area contributed by atoms with Crippen molar-refractivity contribution in [3.63, 3.8) is 0 Å². The molecule has 1 heterocycles. The van der Waals surface area contributed by atoms with Gasteiger partial charge < -0.3 is 14.0 Å². The summed E-state index contributed by atoms with van der Waals surface area (Å²) in [5.41, 5.74) is -0.515. The van der Waals surface area contributed by atoms with Gasteiger partial charge in [-0.2, -0.15) is 13.2 Å². The third kappa shape index (κ3) is 6.25. The Morgan fingerprint density at radius 3 is 2.08 bits per heavy atom. The second-order valence-electron chi connectivity index (χ2n) is 8.06. The number of anilines is 1. The Balaban J connectivity index is 2.09. The number of aryl methyl sites for hydroxylation is 1. The number of aromatic nitrogens is 1. The predicted octanol–water partition coefficient (Wildman–Crippen LogP) is 6.57. The van der Waals surface area contributed by atoms with Gasteiger partial charge in [-0.15, -0.1) is 13.2 Å². The quantitative estimate of drug-likeness (QED) is 0.206. The van der Waals surface area contributed by atoms with Gasteiger partial charge in [0.15, 0.2) is 6.23 Å². The van der Waals surface area contributed by atoms with E-state index in [9.17, 15) is 35.9 Å². The standard InChI is InChI=1S/C25H22F6N2O4/c1-14-13-20(15(2)32(14)22-8-6-5-7-21(22)24(26,27)28)23(35)33(16(3)36-17(4)34)18-9-11-19(12-10-18)37-25(29,30)31/h5-13,16H,1-4H3. The first-order chi connectivity index (χ1) is 17.1. The molecule has 12 heteroatoms. The zero-order chi connectivity index (χ0) is 27.7. The van der Waals surface area contributed by atoms with Gasteiger partial charge in [-0.1, -0.05) is 12.1 Å². The monoisotopic (exact) mass is 528 g/mol. The number of hydrogen-bond acceptors (Lipinski definition) is 4. The van der Waals surface area contributed by atoms with Gasteiger partial charge in [-0.05, 0) is 63.2 Å². The number of alkyl halides is 6. The maximum absolute atomic E-state index is 13.7. The average Bonchev–Trinajstić information content (AvgIpc) is 3.06. The number of amides is 1. The molecular weight excluding hydrogens is 506 g/mol. The van der Waals surface area contributed by atoms with E-state index in [-0.39, 0.29) is 22.6 Å². The van der Waals surface area contributed by atoms with Crippen molar-refractivity contribution >= 4 is 17.6 Å². The van der Waals surface area contributed by atoms with E-state index in [1.165, 1.54) is 49.6 Å². The van der Waals surface area contributed by atoms with Crippen LogP contribution in [0.15, 0.2) is 54.6 Å². The molecule has 198 valence electrons. The van der Waals surface area contributed by atoms with E-state index < -0.39 is 42.0 Å². The van der Waals surface area contributed by atoms with Crippen molar-refractivity contribution < 1.29 is 45.4 Å². The van der Waals surface area contributed by atoms with Crippen molar-refractivity contribution in [1.82, 2.24) is 4.57 Å². The number of carbonyl (C=O) groups is 2. The molecule has 2 aromatic carbocycles. The van der Waals surface area contributed by atoms with Gasteiger partial charge in [-0.25, -0.2) is 0 Å². The number of esters is 1. The Bertz CT molecular complexity index is 1300. The van der Waals surface area contributed by atoms with Crippen molar-refractivity contribution in [3.05, 3.63) is 77.1 Å². The second-order valence-corrected chi connectivity index (χ2v) is 8.06. The predicted molar refractivity (Wildman–Crippen MR) is 121 cm³/mol. The Morgan fingerprint density at radius 1 is 0.946 bits per heavy atom. The van der Waals surface area contributed by atoms with Crippen LogP contribution in [0.25, 0.3) is 5.69 Å². The lowest BCUT2D eigenvalue weighted by Crippen LogP contribution is -2.41. The van der Waals surface area contributed by atoms with Crippen LogP contribution in [0.3, 0.4) is 0 Å². The normalized spacial score (nSPS) is 12.7. The zero-order valence-electron chi connectivity index (χ0n) is 20.1. The molecule has 0 radical (unpaired) electrons. The highest BCUT2D eigenvalue weighted by Crippen LogP contribution is 2.36. The molecule has 0 bridgehead atoms. The maximum Gasteiger partial charge on any atom is 0.573 e. The fourth-order valence-electron chi connectivity index (χ4n) is 3.98. The van der Waals surface area contributed by atoms with Gasteiger partial charge in [-0.3, -0.25) is 14.5 Å². The average molecular weight is 528 g/mol. The van der Waals surface area contributed by atoms with Crippen molar-refractivity contribution in [1.29, 1.82) is 0 Å². The smallest absolute Gasteiger partial charge is 0.442 e. The lowest BCUT2D eigenvalue weighted by Gasteiger charge is -2.29. The van der Waals surface area contributed by atoms with Crippen LogP contribution in [-0.4, -0.2) is 29.0 Å². The molecule has 0 aliphatic rings. The van der Waals surface area contributed by atoms with E-state index in [4.69, 9.17) is 4.74 Å². The summed E-state index contributed by atoms with van der Waals surface area (Å²) in [6.45, 7) is 5.47. The number of hydrogen-bond donors (Lipinski definition) is 0. The summed E-state index contributed by atoms with van der Waals surface area (Å²) in [4.78, 5) is 26.3. The van der Waals surface area contributed by atoms with Crippen molar-refractivity contribution in [3.8, 4) is 11.4 Å². The fraction of sp³-hybridized carbons (Fsp3) is 0.280. The topological polar surface area (TPSA) is 60.8 Å². The minimum atomic E-state index is -4.92. The minimum Gasteiger partial charge on any atom is -0.442 e. The molecule has 0 aliphatic carbocycles. The van der Waals surface area contributed by atoms with Crippen LogP contribution in [0.4, 0.5) is 32.0 Å². The summed E-state index contributed by atoms with van der Waals surface area (Å²) in [5, 5.41) is 0. The Labute approximate surface area is 208 Å². The zero-order valence-corrected chi connectivity index (χ0v) is 20.1. The van der Waals surface area contributed by atoms with E-state index in [0.717, 1.165) is 42.2 Å². The maximum atomic E-state index is 13.7. The Kier molecular flexibility index (Phi) is 7.61. The molecule has 1 atom stereocenters. The van der Waals surface area contributed by atoms with Gasteiger partial charge in [0.25, 0.3) is 5.91 Å². The first kappa shape index (κ1) is 27.6. The van der Waals surface area contributed by atoms with Gasteiger partial charge in [0.05, 0.1) is 16.8 Å². The van der Waals surface area contributed by atoms with Crippen LogP contribution in [0.1, 0.15) is 41.2 Å². The molecule has 0 N–H and O–H groups in total. The highest BCUT2D eigenvalue weighted by Gasteiger charge is 2.35. The van der Waals surface area contributed by atoms with Crippen molar-refractivity contribution in [2.75, 3.05) is 4.90 Å². The Hall–Kier alpha value is -3.96. The Morgan fingerprint density at radius 2 is 1.54 bits per heavy atom. The summed E-state index contributed by atoms with van der Waals surface area (Å²) in [7, 11) is 0. The molecule has 0 aliphatic heterocycles. The number of nitrogens with zero attached hydrogens (tertiary/aromatic N) is 2. The molecule has 6 nitrogen and oxygen atoms in total. The number of halogens is 6. The molecule has 0 saturated heterocycles. The number of para-hydroxylation sites is 1. The SMILES string of the molecule is CC(=O)OC(C)N(C(=O)c1cc(C)n(-c2ccccc2C(F)(F)F)c1C)c1ccc(OC(F)(F)F)cc1. The molecule has 3 aromatic rings. The minimum absolute atomic E-state index is 0.00379. The van der Waals surface area contributed by atoms with Crippen LogP contribution < -0.4 is 9.64 Å². The summed E-state index contributed by atoms with van der Waals surface area (Å²) in [6.07, 6.45) is -10.8. The van der Waals surface area contributed by atoms with Gasteiger partial charge >= 0.3 is 18.5 Å². The van der Waals surface area contributed by atoms with Crippen molar-refractivity contribution in [2.45, 2.75) is 46.5 Å². The van der Waals surface area contributed by atoms with Crippen LogP contribution in [0, 0.1) is 13.8 Å². The molecule has 0 spiro atoms. The molecule has 3 rings (SSSR count). The number of carbonyl (C=O) groups excluding carboxylic acids is 2. The highest BCUT2D eigenvalue weighted by molar-refractivity contribution is 6.07. The van der Waals surface area contributed by atoms with Crippen LogP contribution in [0.2, 0.25) is 0 Å². The molecule has 0 saturated carbocycles. The summed E-state index contributed by atoms with van der Waals surface area (Å²) >= 11 is 0. The molecule has 1 amide bonds. The second kappa shape index (κ2) is 10.2. The van der Waals surface area contributed by atoms with Crippen LogP contribution >= 0.6 is 0 Å². The highest BCUT2D eigenvalue weighted by atomic mass is 19.4. The van der Waals surface area contributed by atoms with E-state index >= 15 is 0 Å². The first-order valence-corrected chi connectivity index (χ1v) is 10.8. The largest absolute Gasteiger partial charge is 0.573 e. The van der Waals surface area contributed by atoms with Gasteiger partial charge in [0.2, 0.25) is 0 Å². The third-order valence-corrected chi connectivity index (χ3v) is 5.38. The summed E-state index contributed by atoms with van der Waals surface area (Å²) in [5.74, 6) is -2.01. The van der Waals surface area contributed by atoms with E-state index in [1.54, 1.807) is 0 Å². The first-order valence-electron chi connectivity index (χ1n) is 10.8. The molecule has 0 fully saturated rings. The molecule has 37 heavy (non-hydrogen) atoms. The lowest BCUT2D eigenvalue weighted by atomic mass is 10.1. The molecule has 1 unspecified atom stereocenters. The number of ether oxygens (including phenoxy) is 2. The van der Waals surface area contributed by atoms with Gasteiger partial charge in [0.1, 0.15) is 5.75 Å². The number of rotatable bonds is 6. The molecular formula is C25H22F6N2O4. The van der Waals surface area contributed by atoms with E-state index in [2.05, 4.69) is 4.74 Å². The van der Waals surface area contributed by atoms with Gasteiger partial charge in [0, 0.05) is 24.0 Å².